The molecule has 1 fully saturated rings. The van der Waals surface area contributed by atoms with Gasteiger partial charge in [0.15, 0.2) is 0 Å². The minimum Gasteiger partial charge on any atom is -0.370 e. The van der Waals surface area contributed by atoms with E-state index >= 15 is 0 Å². The molecule has 2 rings (SSSR count). The van der Waals surface area contributed by atoms with Crippen LogP contribution in [0.2, 0.25) is 0 Å². The number of urea groups is 1. The van der Waals surface area contributed by atoms with Crippen molar-refractivity contribution < 1.29 is 9.18 Å². The van der Waals surface area contributed by atoms with E-state index in [-0.39, 0.29) is 17.9 Å². The summed E-state index contributed by atoms with van der Waals surface area (Å²) in [6.45, 7) is 5.66. The molecule has 1 aliphatic rings. The van der Waals surface area contributed by atoms with Crippen LogP contribution in [-0.2, 0) is 0 Å². The first kappa shape index (κ1) is 13.6. The molecule has 1 saturated heterocycles. The smallest absolute Gasteiger partial charge is 0.319 e. The monoisotopic (exact) mass is 265 g/mol. The summed E-state index contributed by atoms with van der Waals surface area (Å²) >= 11 is 0. The van der Waals surface area contributed by atoms with E-state index in [1.807, 2.05) is 13.8 Å². The van der Waals surface area contributed by atoms with Crippen LogP contribution in [0, 0.1) is 5.82 Å². The summed E-state index contributed by atoms with van der Waals surface area (Å²) in [6, 6.07) is 4.27. The van der Waals surface area contributed by atoms with Crippen molar-refractivity contribution in [2.75, 3.05) is 23.3 Å². The van der Waals surface area contributed by atoms with Crippen LogP contribution in [0.25, 0.3) is 0 Å². The Kier molecular flexibility index (Phi) is 4.24. The second kappa shape index (κ2) is 5.91. The molecule has 104 valence electrons. The molecule has 0 aromatic heterocycles. The first-order chi connectivity index (χ1) is 9.06. The first-order valence-electron chi connectivity index (χ1n) is 6.68. The first-order valence-corrected chi connectivity index (χ1v) is 6.68. The van der Waals surface area contributed by atoms with Gasteiger partial charge in [-0.15, -0.1) is 0 Å². The molecular formula is C14H20FN3O. The fraction of sp³-hybridized carbons (Fsp3) is 0.500. The number of carbonyl (C=O) groups excluding carboxylic acids is 1. The number of benzene rings is 1. The molecule has 0 atom stereocenters. The summed E-state index contributed by atoms with van der Waals surface area (Å²) in [5.74, 6) is -0.345. The van der Waals surface area contributed by atoms with E-state index in [2.05, 4.69) is 15.5 Å². The van der Waals surface area contributed by atoms with Gasteiger partial charge in [0.1, 0.15) is 5.82 Å². The molecule has 0 unspecified atom stereocenters. The lowest BCUT2D eigenvalue weighted by Gasteiger charge is -2.22. The van der Waals surface area contributed by atoms with Crippen molar-refractivity contribution in [3.05, 3.63) is 24.0 Å². The van der Waals surface area contributed by atoms with E-state index in [1.54, 1.807) is 6.07 Å². The summed E-state index contributed by atoms with van der Waals surface area (Å²) in [4.78, 5) is 13.9. The van der Waals surface area contributed by atoms with Gasteiger partial charge in [0.25, 0.3) is 0 Å². The lowest BCUT2D eigenvalue weighted by molar-refractivity contribution is 0.250. The molecule has 2 N–H and O–H groups in total. The van der Waals surface area contributed by atoms with Crippen LogP contribution in [0.4, 0.5) is 20.6 Å². The van der Waals surface area contributed by atoms with Crippen molar-refractivity contribution in [3.8, 4) is 0 Å². The highest BCUT2D eigenvalue weighted by Crippen LogP contribution is 2.29. The van der Waals surface area contributed by atoms with Crippen molar-refractivity contribution in [3.63, 3.8) is 0 Å². The van der Waals surface area contributed by atoms with Crippen molar-refractivity contribution in [1.82, 2.24) is 5.32 Å². The van der Waals surface area contributed by atoms with Gasteiger partial charge in [-0.3, -0.25) is 0 Å². The van der Waals surface area contributed by atoms with Crippen LogP contribution >= 0.6 is 0 Å². The van der Waals surface area contributed by atoms with Crippen LogP contribution in [-0.4, -0.2) is 25.2 Å². The summed E-state index contributed by atoms with van der Waals surface area (Å²) in [5, 5.41) is 5.47. The lowest BCUT2D eigenvalue weighted by atomic mass is 10.2. The van der Waals surface area contributed by atoms with E-state index < -0.39 is 0 Å². The minimum atomic E-state index is -0.345. The summed E-state index contributed by atoms with van der Waals surface area (Å²) in [5.41, 5.74) is 1.41. The van der Waals surface area contributed by atoms with Crippen molar-refractivity contribution >= 4 is 17.4 Å². The minimum absolute atomic E-state index is 0.0452. The average Bonchev–Trinajstić information content (AvgIpc) is 2.81. The van der Waals surface area contributed by atoms with Crippen molar-refractivity contribution in [2.45, 2.75) is 32.7 Å². The SMILES string of the molecule is CC(C)NC(=O)Nc1cc(F)ccc1N1CCCC1. The van der Waals surface area contributed by atoms with Crippen LogP contribution in [0.1, 0.15) is 26.7 Å². The number of hydrogen-bond acceptors (Lipinski definition) is 2. The van der Waals surface area contributed by atoms with E-state index in [4.69, 9.17) is 0 Å². The lowest BCUT2D eigenvalue weighted by Crippen LogP contribution is -2.34. The normalized spacial score (nSPS) is 14.8. The molecule has 19 heavy (non-hydrogen) atoms. The van der Waals surface area contributed by atoms with Crippen molar-refractivity contribution in [1.29, 1.82) is 0 Å². The molecule has 1 aromatic carbocycles. The van der Waals surface area contributed by atoms with Gasteiger partial charge < -0.3 is 15.5 Å². The van der Waals surface area contributed by atoms with Gasteiger partial charge in [0.05, 0.1) is 11.4 Å². The standard InChI is InChI=1S/C14H20FN3O/c1-10(2)16-14(19)17-12-9-11(15)5-6-13(12)18-7-3-4-8-18/h5-6,9-10H,3-4,7-8H2,1-2H3,(H2,16,17,19). The second-order valence-electron chi connectivity index (χ2n) is 5.11. The maximum Gasteiger partial charge on any atom is 0.319 e. The van der Waals surface area contributed by atoms with E-state index in [0.29, 0.717) is 5.69 Å². The van der Waals surface area contributed by atoms with Crippen LogP contribution < -0.4 is 15.5 Å². The van der Waals surface area contributed by atoms with Gasteiger partial charge in [-0.1, -0.05) is 0 Å². The number of anilines is 2. The second-order valence-corrected chi connectivity index (χ2v) is 5.11. The predicted octanol–water partition coefficient (Wildman–Crippen LogP) is 2.96. The Labute approximate surface area is 113 Å². The Balaban J connectivity index is 2.17. The number of nitrogens with zero attached hydrogens (tertiary/aromatic N) is 1. The molecule has 0 radical (unpaired) electrons. The number of hydrogen-bond donors (Lipinski definition) is 2. The number of rotatable bonds is 3. The molecule has 4 nitrogen and oxygen atoms in total. The zero-order chi connectivity index (χ0) is 13.8. The quantitative estimate of drug-likeness (QED) is 0.882. The molecule has 1 heterocycles. The van der Waals surface area contributed by atoms with Gasteiger partial charge >= 0.3 is 6.03 Å². The summed E-state index contributed by atoms with van der Waals surface area (Å²) in [7, 11) is 0. The van der Waals surface area contributed by atoms with Crippen LogP contribution in [0.3, 0.4) is 0 Å². The van der Waals surface area contributed by atoms with Crippen LogP contribution in [0.5, 0.6) is 0 Å². The molecule has 0 bridgehead atoms. The maximum absolute atomic E-state index is 13.4. The maximum atomic E-state index is 13.4. The molecular weight excluding hydrogens is 245 g/mol. The van der Waals surface area contributed by atoms with Gasteiger partial charge in [0.2, 0.25) is 0 Å². The van der Waals surface area contributed by atoms with E-state index in [1.165, 1.54) is 12.1 Å². The topological polar surface area (TPSA) is 44.4 Å². The molecule has 0 spiro atoms. The number of halogens is 1. The predicted molar refractivity (Wildman–Crippen MR) is 75.1 cm³/mol. The third-order valence-corrected chi connectivity index (χ3v) is 3.07. The van der Waals surface area contributed by atoms with E-state index in [0.717, 1.165) is 31.6 Å². The molecule has 1 aliphatic heterocycles. The van der Waals surface area contributed by atoms with Gasteiger partial charge in [-0.2, -0.15) is 0 Å². The largest absolute Gasteiger partial charge is 0.370 e. The molecule has 0 saturated carbocycles. The average molecular weight is 265 g/mol. The summed E-state index contributed by atoms with van der Waals surface area (Å²) < 4.78 is 13.4. The zero-order valence-electron chi connectivity index (χ0n) is 11.4. The third kappa shape index (κ3) is 3.59. The van der Waals surface area contributed by atoms with Crippen molar-refractivity contribution in [2.24, 2.45) is 0 Å². The molecule has 2 amide bonds. The van der Waals surface area contributed by atoms with Gasteiger partial charge in [-0.05, 0) is 44.9 Å². The highest BCUT2D eigenvalue weighted by Gasteiger charge is 2.17. The Morgan fingerprint density at radius 1 is 1.32 bits per heavy atom. The molecule has 5 heteroatoms. The van der Waals surface area contributed by atoms with Gasteiger partial charge in [-0.25, -0.2) is 9.18 Å². The summed E-state index contributed by atoms with van der Waals surface area (Å²) in [6.07, 6.45) is 2.27. The fourth-order valence-electron chi connectivity index (χ4n) is 2.26. The molecule has 0 aliphatic carbocycles. The van der Waals surface area contributed by atoms with Crippen LogP contribution in [0.15, 0.2) is 18.2 Å². The third-order valence-electron chi connectivity index (χ3n) is 3.07. The van der Waals surface area contributed by atoms with Gasteiger partial charge in [0, 0.05) is 19.1 Å². The van der Waals surface area contributed by atoms with E-state index in [9.17, 15) is 9.18 Å². The Morgan fingerprint density at radius 3 is 2.63 bits per heavy atom. The Bertz CT molecular complexity index is 456. The number of nitrogens with one attached hydrogen (secondary N) is 2. The molecule has 1 aromatic rings. The Morgan fingerprint density at radius 2 is 2.00 bits per heavy atom. The zero-order valence-corrected chi connectivity index (χ0v) is 11.4. The fourth-order valence-corrected chi connectivity index (χ4v) is 2.26. The highest BCUT2D eigenvalue weighted by atomic mass is 19.1. The number of carbonyl (C=O) groups is 1. The number of amides is 2. The Hall–Kier alpha value is -1.78. The highest BCUT2D eigenvalue weighted by molar-refractivity contribution is 5.93.